The van der Waals surface area contributed by atoms with Crippen molar-refractivity contribution in [2.24, 2.45) is 0 Å². The molecule has 1 aliphatic rings. The van der Waals surface area contributed by atoms with E-state index in [4.69, 9.17) is 5.73 Å². The zero-order valence-corrected chi connectivity index (χ0v) is 12.5. The van der Waals surface area contributed by atoms with Crippen LogP contribution in [0.1, 0.15) is 26.2 Å². The zero-order valence-electron chi connectivity index (χ0n) is 11.7. The van der Waals surface area contributed by atoms with Gasteiger partial charge in [-0.25, -0.2) is 18.1 Å². The number of nitrogens with two attached hydrogens (primary N) is 1. The summed E-state index contributed by atoms with van der Waals surface area (Å²) in [6.45, 7) is 4.01. The fraction of sp³-hybridized carbons (Fsp3) is 0.538. The second-order valence-corrected chi connectivity index (χ2v) is 6.68. The Morgan fingerprint density at radius 1 is 1.25 bits per heavy atom. The number of benzene rings is 1. The molecule has 4 N–H and O–H groups in total. The van der Waals surface area contributed by atoms with Crippen molar-refractivity contribution in [2.45, 2.75) is 31.1 Å². The van der Waals surface area contributed by atoms with Gasteiger partial charge in [-0.15, -0.1) is 0 Å². The molecule has 0 unspecified atom stereocenters. The highest BCUT2D eigenvalue weighted by atomic mass is 32.2. The summed E-state index contributed by atoms with van der Waals surface area (Å²) >= 11 is 0. The first-order chi connectivity index (χ1) is 9.53. The molecule has 1 aromatic carbocycles. The summed E-state index contributed by atoms with van der Waals surface area (Å²) in [5.41, 5.74) is 10.3. The number of nitrogen functional groups attached to an aromatic ring is 1. The number of nitrogens with zero attached hydrogens (tertiary/aromatic N) is 1. The Morgan fingerprint density at radius 3 is 2.60 bits per heavy atom. The largest absolute Gasteiger partial charge is 0.397 e. The summed E-state index contributed by atoms with van der Waals surface area (Å²) in [5, 5.41) is 2.08. The van der Waals surface area contributed by atoms with Crippen molar-refractivity contribution >= 4 is 21.4 Å². The van der Waals surface area contributed by atoms with Gasteiger partial charge in [-0.05, 0) is 31.0 Å². The Bertz CT molecular complexity index is 553. The minimum Gasteiger partial charge on any atom is -0.397 e. The molecule has 1 aromatic rings. The lowest BCUT2D eigenvalue weighted by atomic mass is 10.2. The topological polar surface area (TPSA) is 87.5 Å². The van der Waals surface area contributed by atoms with E-state index in [1.165, 1.54) is 12.5 Å². The van der Waals surface area contributed by atoms with Gasteiger partial charge in [0.05, 0.1) is 16.3 Å². The molecule has 1 heterocycles. The van der Waals surface area contributed by atoms with Crippen molar-refractivity contribution in [3.05, 3.63) is 18.2 Å². The average molecular weight is 298 g/mol. The molecule has 20 heavy (non-hydrogen) atoms. The van der Waals surface area contributed by atoms with E-state index in [1.54, 1.807) is 19.1 Å². The second kappa shape index (κ2) is 6.43. The third kappa shape index (κ3) is 3.62. The minimum absolute atomic E-state index is 0.230. The zero-order chi connectivity index (χ0) is 14.6. The van der Waals surface area contributed by atoms with Crippen molar-refractivity contribution in [1.29, 1.82) is 0 Å². The van der Waals surface area contributed by atoms with Crippen molar-refractivity contribution in [3.8, 4) is 0 Å². The fourth-order valence-electron chi connectivity index (χ4n) is 2.25. The molecule has 0 aliphatic carbocycles. The molecule has 0 bridgehead atoms. The molecular weight excluding hydrogens is 276 g/mol. The smallest absolute Gasteiger partial charge is 0.240 e. The number of rotatable bonds is 5. The summed E-state index contributed by atoms with van der Waals surface area (Å²) in [6, 6.07) is 4.73. The van der Waals surface area contributed by atoms with Crippen LogP contribution in [0.5, 0.6) is 0 Å². The molecule has 0 aromatic heterocycles. The van der Waals surface area contributed by atoms with Crippen LogP contribution in [0.25, 0.3) is 0 Å². The molecule has 112 valence electrons. The van der Waals surface area contributed by atoms with Crippen LogP contribution in [-0.2, 0) is 10.0 Å². The van der Waals surface area contributed by atoms with E-state index in [0.717, 1.165) is 25.9 Å². The molecule has 0 spiro atoms. The van der Waals surface area contributed by atoms with Gasteiger partial charge in [0, 0.05) is 19.6 Å². The van der Waals surface area contributed by atoms with Crippen LogP contribution in [0.4, 0.5) is 11.4 Å². The van der Waals surface area contributed by atoms with E-state index < -0.39 is 10.0 Å². The molecule has 0 radical (unpaired) electrons. The summed E-state index contributed by atoms with van der Waals surface area (Å²) in [5.74, 6) is 0. The fourth-order valence-corrected chi connectivity index (χ4v) is 3.32. The van der Waals surface area contributed by atoms with E-state index in [0.29, 0.717) is 17.9 Å². The van der Waals surface area contributed by atoms with Crippen LogP contribution in [0.15, 0.2) is 23.1 Å². The predicted molar refractivity (Wildman–Crippen MR) is 80.8 cm³/mol. The maximum atomic E-state index is 12.0. The molecule has 2 rings (SSSR count). The van der Waals surface area contributed by atoms with Crippen molar-refractivity contribution in [2.75, 3.05) is 30.8 Å². The van der Waals surface area contributed by atoms with E-state index >= 15 is 0 Å². The molecule has 7 heteroatoms. The molecule has 0 atom stereocenters. The summed E-state index contributed by atoms with van der Waals surface area (Å²) in [7, 11) is -3.45. The Labute approximate surface area is 120 Å². The first-order valence-electron chi connectivity index (χ1n) is 6.94. The summed E-state index contributed by atoms with van der Waals surface area (Å²) < 4.78 is 26.5. The van der Waals surface area contributed by atoms with E-state index in [9.17, 15) is 8.42 Å². The number of hydrogen-bond acceptors (Lipinski definition) is 5. The highest BCUT2D eigenvalue weighted by Gasteiger charge is 2.16. The minimum atomic E-state index is -3.45. The van der Waals surface area contributed by atoms with Crippen LogP contribution < -0.4 is 15.9 Å². The van der Waals surface area contributed by atoms with Crippen LogP contribution in [0, 0.1) is 0 Å². The lowest BCUT2D eigenvalue weighted by Crippen LogP contribution is -2.35. The predicted octanol–water partition coefficient (Wildman–Crippen LogP) is 1.38. The molecule has 1 saturated heterocycles. The van der Waals surface area contributed by atoms with Gasteiger partial charge in [-0.2, -0.15) is 0 Å². The number of piperidine rings is 1. The molecule has 1 aliphatic heterocycles. The van der Waals surface area contributed by atoms with Gasteiger partial charge in [0.2, 0.25) is 10.0 Å². The highest BCUT2D eigenvalue weighted by molar-refractivity contribution is 7.89. The van der Waals surface area contributed by atoms with Gasteiger partial charge in [0.15, 0.2) is 0 Å². The molecule has 0 amide bonds. The Kier molecular flexibility index (Phi) is 4.85. The number of nitrogens with one attached hydrogen (secondary N) is 2. The van der Waals surface area contributed by atoms with E-state index in [-0.39, 0.29) is 4.90 Å². The number of hydrogen-bond donors (Lipinski definition) is 3. The Morgan fingerprint density at radius 2 is 1.95 bits per heavy atom. The van der Waals surface area contributed by atoms with Crippen molar-refractivity contribution in [1.82, 2.24) is 9.73 Å². The lowest BCUT2D eigenvalue weighted by Gasteiger charge is -2.28. The number of hydrazine groups is 1. The van der Waals surface area contributed by atoms with Crippen molar-refractivity contribution in [3.63, 3.8) is 0 Å². The van der Waals surface area contributed by atoms with Gasteiger partial charge < -0.3 is 11.2 Å². The first-order valence-corrected chi connectivity index (χ1v) is 8.42. The SMILES string of the molecule is CCNS(=O)(=O)c1ccc(N)c(NN2CCCCC2)c1. The molecular formula is C13H22N4O2S. The number of anilines is 2. The van der Waals surface area contributed by atoms with Gasteiger partial charge in [-0.1, -0.05) is 13.3 Å². The quantitative estimate of drug-likeness (QED) is 0.715. The maximum Gasteiger partial charge on any atom is 0.240 e. The van der Waals surface area contributed by atoms with Crippen LogP contribution in [0.2, 0.25) is 0 Å². The van der Waals surface area contributed by atoms with Crippen LogP contribution in [0.3, 0.4) is 0 Å². The Balaban J connectivity index is 2.20. The lowest BCUT2D eigenvalue weighted by molar-refractivity contribution is 0.273. The van der Waals surface area contributed by atoms with Crippen LogP contribution in [-0.4, -0.2) is 33.1 Å². The third-order valence-corrected chi connectivity index (χ3v) is 4.85. The standard InChI is InChI=1S/C13H22N4O2S/c1-2-15-20(18,19)11-6-7-12(14)13(10-11)16-17-8-4-3-5-9-17/h6-7,10,15-16H,2-5,8-9,14H2,1H3. The van der Waals surface area contributed by atoms with E-state index in [2.05, 4.69) is 15.2 Å². The van der Waals surface area contributed by atoms with Gasteiger partial charge in [0.1, 0.15) is 0 Å². The maximum absolute atomic E-state index is 12.0. The molecule has 6 nitrogen and oxygen atoms in total. The molecule has 1 fully saturated rings. The highest BCUT2D eigenvalue weighted by Crippen LogP contribution is 2.24. The van der Waals surface area contributed by atoms with Crippen molar-refractivity contribution < 1.29 is 8.42 Å². The normalized spacial score (nSPS) is 17.1. The summed E-state index contributed by atoms with van der Waals surface area (Å²) in [6.07, 6.45) is 3.52. The van der Waals surface area contributed by atoms with E-state index in [1.807, 2.05) is 0 Å². The monoisotopic (exact) mass is 298 g/mol. The second-order valence-electron chi connectivity index (χ2n) is 4.91. The Hall–Kier alpha value is -1.31. The summed E-state index contributed by atoms with van der Waals surface area (Å²) in [4.78, 5) is 0.230. The number of sulfonamides is 1. The van der Waals surface area contributed by atoms with Gasteiger partial charge in [0.25, 0.3) is 0 Å². The third-order valence-electron chi connectivity index (χ3n) is 3.30. The first kappa shape index (κ1) is 15.1. The van der Waals surface area contributed by atoms with Gasteiger partial charge >= 0.3 is 0 Å². The average Bonchev–Trinajstić information content (AvgIpc) is 2.42. The van der Waals surface area contributed by atoms with Crippen LogP contribution >= 0.6 is 0 Å². The van der Waals surface area contributed by atoms with Gasteiger partial charge in [-0.3, -0.25) is 0 Å². The molecule has 0 saturated carbocycles.